The quantitative estimate of drug-likeness (QED) is 0.687. The van der Waals surface area contributed by atoms with Crippen LogP contribution in [0.15, 0.2) is 0 Å². The van der Waals surface area contributed by atoms with E-state index in [1.54, 1.807) is 0 Å². The van der Waals surface area contributed by atoms with Crippen molar-refractivity contribution in [2.75, 3.05) is 19.6 Å². The van der Waals surface area contributed by atoms with E-state index in [1.807, 2.05) is 0 Å². The van der Waals surface area contributed by atoms with Crippen LogP contribution in [0.5, 0.6) is 0 Å². The molecule has 1 aliphatic rings. The monoisotopic (exact) mass is 270 g/mol. The first-order chi connectivity index (χ1) is 9.04. The van der Waals surface area contributed by atoms with E-state index in [4.69, 9.17) is 5.11 Å². The Balaban J connectivity index is 2.39. The molecule has 1 amide bonds. The fourth-order valence-corrected chi connectivity index (χ4v) is 2.48. The van der Waals surface area contributed by atoms with Gasteiger partial charge in [0.25, 0.3) is 0 Å². The maximum Gasteiger partial charge on any atom is 0.304 e. The lowest BCUT2D eigenvalue weighted by Crippen LogP contribution is -2.47. The van der Waals surface area contributed by atoms with Crippen LogP contribution in [0, 0.1) is 5.92 Å². The van der Waals surface area contributed by atoms with Gasteiger partial charge in [-0.05, 0) is 26.2 Å². The Bertz CT molecular complexity index is 307. The van der Waals surface area contributed by atoms with Gasteiger partial charge in [0.2, 0.25) is 5.91 Å². The van der Waals surface area contributed by atoms with Gasteiger partial charge in [-0.3, -0.25) is 14.5 Å². The maximum atomic E-state index is 12.0. The molecule has 2 N–H and O–H groups in total. The highest BCUT2D eigenvalue weighted by atomic mass is 16.4. The Morgan fingerprint density at radius 2 is 2.11 bits per heavy atom. The van der Waals surface area contributed by atoms with Crippen molar-refractivity contribution in [2.45, 2.75) is 52.0 Å². The van der Waals surface area contributed by atoms with Crippen LogP contribution in [-0.2, 0) is 9.59 Å². The lowest BCUT2D eigenvalue weighted by Gasteiger charge is -2.37. The number of likely N-dealkylation sites (tertiary alicyclic amines) is 1. The number of carboxylic acid groups (broad SMARTS) is 1. The zero-order valence-electron chi connectivity index (χ0n) is 12.0. The number of unbranched alkanes of at least 4 members (excludes halogenated alkanes) is 1. The summed E-state index contributed by atoms with van der Waals surface area (Å²) in [5.74, 6) is -0.635. The van der Waals surface area contributed by atoms with E-state index < -0.39 is 5.97 Å². The number of rotatable bonds is 7. The molecule has 0 saturated carbocycles. The summed E-state index contributed by atoms with van der Waals surface area (Å²) >= 11 is 0. The van der Waals surface area contributed by atoms with E-state index in [9.17, 15) is 9.59 Å². The first kappa shape index (κ1) is 16.0. The number of amides is 1. The van der Waals surface area contributed by atoms with Crippen molar-refractivity contribution in [3.8, 4) is 0 Å². The third kappa shape index (κ3) is 5.59. The number of carbonyl (C=O) groups is 2. The lowest BCUT2D eigenvalue weighted by atomic mass is 9.92. The van der Waals surface area contributed by atoms with Crippen LogP contribution in [0.1, 0.15) is 46.0 Å². The summed E-state index contributed by atoms with van der Waals surface area (Å²) in [5.41, 5.74) is 0. The van der Waals surface area contributed by atoms with Crippen molar-refractivity contribution < 1.29 is 14.7 Å². The van der Waals surface area contributed by atoms with Gasteiger partial charge in [-0.2, -0.15) is 0 Å². The summed E-state index contributed by atoms with van der Waals surface area (Å²) in [7, 11) is 0. The Kier molecular flexibility index (Phi) is 6.84. The second kappa shape index (κ2) is 8.15. The molecule has 1 aliphatic heterocycles. The van der Waals surface area contributed by atoms with E-state index in [0.29, 0.717) is 19.1 Å². The number of hydrogen-bond acceptors (Lipinski definition) is 3. The van der Waals surface area contributed by atoms with Crippen molar-refractivity contribution in [3.05, 3.63) is 0 Å². The summed E-state index contributed by atoms with van der Waals surface area (Å²) in [5, 5.41) is 11.7. The second-order valence-corrected chi connectivity index (χ2v) is 5.41. The van der Waals surface area contributed by atoms with Crippen LogP contribution >= 0.6 is 0 Å². The molecule has 0 aliphatic carbocycles. The van der Waals surface area contributed by atoms with E-state index in [2.05, 4.69) is 24.1 Å². The Hall–Kier alpha value is -1.10. The van der Waals surface area contributed by atoms with Crippen molar-refractivity contribution in [1.82, 2.24) is 10.2 Å². The Labute approximate surface area is 115 Å². The molecule has 0 bridgehead atoms. The molecule has 0 spiro atoms. The zero-order chi connectivity index (χ0) is 14.3. The highest BCUT2D eigenvalue weighted by Gasteiger charge is 2.29. The van der Waals surface area contributed by atoms with Gasteiger partial charge in [-0.15, -0.1) is 0 Å². The van der Waals surface area contributed by atoms with Gasteiger partial charge in [0.1, 0.15) is 0 Å². The molecule has 1 fully saturated rings. The standard InChI is InChI=1S/C14H26N2O3/c1-3-4-8-15-14(19)12-6-5-11(2)16(10-12)9-7-13(17)18/h11-12H,3-10H2,1-2H3,(H,15,19)(H,17,18). The van der Waals surface area contributed by atoms with E-state index in [0.717, 1.165) is 32.2 Å². The summed E-state index contributed by atoms with van der Waals surface area (Å²) < 4.78 is 0. The second-order valence-electron chi connectivity index (χ2n) is 5.41. The highest BCUT2D eigenvalue weighted by molar-refractivity contribution is 5.79. The third-order valence-electron chi connectivity index (χ3n) is 3.82. The van der Waals surface area contributed by atoms with Crippen LogP contribution in [0.3, 0.4) is 0 Å². The van der Waals surface area contributed by atoms with Crippen molar-refractivity contribution in [2.24, 2.45) is 5.92 Å². The van der Waals surface area contributed by atoms with Gasteiger partial charge in [-0.25, -0.2) is 0 Å². The molecule has 2 atom stereocenters. The normalized spacial score (nSPS) is 24.1. The molecule has 5 heteroatoms. The number of piperidine rings is 1. The molecule has 5 nitrogen and oxygen atoms in total. The number of nitrogens with zero attached hydrogens (tertiary/aromatic N) is 1. The molecule has 0 aromatic heterocycles. The summed E-state index contributed by atoms with van der Waals surface area (Å²) in [6.45, 7) is 6.17. The molecule has 19 heavy (non-hydrogen) atoms. The molecule has 2 unspecified atom stereocenters. The molecular weight excluding hydrogens is 244 g/mol. The van der Waals surface area contributed by atoms with Gasteiger partial charge in [0, 0.05) is 25.7 Å². The SMILES string of the molecule is CCCCNC(=O)C1CCC(C)N(CCC(=O)O)C1. The number of nitrogens with one attached hydrogen (secondary N) is 1. The first-order valence-corrected chi connectivity index (χ1v) is 7.28. The lowest BCUT2D eigenvalue weighted by molar-refractivity contribution is -0.137. The Morgan fingerprint density at radius 1 is 1.37 bits per heavy atom. The topological polar surface area (TPSA) is 69.6 Å². The minimum absolute atomic E-state index is 0.0156. The van der Waals surface area contributed by atoms with E-state index in [1.165, 1.54) is 0 Å². The number of carbonyl (C=O) groups excluding carboxylic acids is 1. The van der Waals surface area contributed by atoms with Gasteiger partial charge in [0.05, 0.1) is 12.3 Å². The molecule has 0 aromatic rings. The van der Waals surface area contributed by atoms with E-state index >= 15 is 0 Å². The minimum atomic E-state index is -0.776. The first-order valence-electron chi connectivity index (χ1n) is 7.28. The highest BCUT2D eigenvalue weighted by Crippen LogP contribution is 2.22. The number of carboxylic acids is 1. The predicted molar refractivity (Wildman–Crippen MR) is 73.9 cm³/mol. The van der Waals surface area contributed by atoms with Crippen LogP contribution in [0.2, 0.25) is 0 Å². The van der Waals surface area contributed by atoms with Gasteiger partial charge in [-0.1, -0.05) is 13.3 Å². The van der Waals surface area contributed by atoms with Crippen LogP contribution in [0.25, 0.3) is 0 Å². The Morgan fingerprint density at radius 3 is 2.74 bits per heavy atom. The molecule has 0 aromatic carbocycles. The average Bonchev–Trinajstić information content (AvgIpc) is 2.37. The van der Waals surface area contributed by atoms with Crippen LogP contribution < -0.4 is 5.32 Å². The molecule has 110 valence electrons. The van der Waals surface area contributed by atoms with Crippen molar-refractivity contribution >= 4 is 11.9 Å². The number of hydrogen-bond donors (Lipinski definition) is 2. The number of aliphatic carboxylic acids is 1. The summed E-state index contributed by atoms with van der Waals surface area (Å²) in [6.07, 6.45) is 4.10. The van der Waals surface area contributed by atoms with E-state index in [-0.39, 0.29) is 18.2 Å². The largest absolute Gasteiger partial charge is 0.481 e. The minimum Gasteiger partial charge on any atom is -0.481 e. The van der Waals surface area contributed by atoms with Gasteiger partial charge in [0.15, 0.2) is 0 Å². The summed E-state index contributed by atoms with van der Waals surface area (Å²) in [6, 6.07) is 0.374. The fraction of sp³-hybridized carbons (Fsp3) is 0.857. The van der Waals surface area contributed by atoms with Crippen molar-refractivity contribution in [1.29, 1.82) is 0 Å². The van der Waals surface area contributed by atoms with Crippen LogP contribution in [-0.4, -0.2) is 47.6 Å². The summed E-state index contributed by atoms with van der Waals surface area (Å²) in [4.78, 5) is 24.8. The molecule has 1 heterocycles. The van der Waals surface area contributed by atoms with Gasteiger partial charge >= 0.3 is 5.97 Å². The molecular formula is C14H26N2O3. The maximum absolute atomic E-state index is 12.0. The van der Waals surface area contributed by atoms with Gasteiger partial charge < -0.3 is 10.4 Å². The average molecular weight is 270 g/mol. The molecule has 0 radical (unpaired) electrons. The molecule has 1 rings (SSSR count). The van der Waals surface area contributed by atoms with Crippen molar-refractivity contribution in [3.63, 3.8) is 0 Å². The zero-order valence-corrected chi connectivity index (χ0v) is 12.0. The third-order valence-corrected chi connectivity index (χ3v) is 3.82. The fourth-order valence-electron chi connectivity index (χ4n) is 2.48. The van der Waals surface area contributed by atoms with Crippen LogP contribution in [0.4, 0.5) is 0 Å². The predicted octanol–water partition coefficient (Wildman–Crippen LogP) is 1.48. The molecule has 1 saturated heterocycles. The smallest absolute Gasteiger partial charge is 0.304 e.